The molecule has 0 fully saturated rings. The Labute approximate surface area is 230 Å². The molecule has 0 saturated heterocycles. The molecule has 4 rings (SSSR count). The van der Waals surface area contributed by atoms with E-state index in [0.29, 0.717) is 24.7 Å². The van der Waals surface area contributed by atoms with E-state index < -0.39 is 0 Å². The zero-order valence-electron chi connectivity index (χ0n) is 20.9. The van der Waals surface area contributed by atoms with E-state index in [1.54, 1.807) is 30.5 Å². The Morgan fingerprint density at radius 3 is 2.37 bits per heavy atom. The zero-order valence-corrected chi connectivity index (χ0v) is 22.5. The van der Waals surface area contributed by atoms with E-state index in [0.717, 1.165) is 32.1 Å². The third-order valence-electron chi connectivity index (χ3n) is 5.65. The molecule has 0 atom stereocenters. The fourth-order valence-electron chi connectivity index (χ4n) is 3.75. The van der Waals surface area contributed by atoms with Crippen LogP contribution in [0.1, 0.15) is 30.9 Å². The van der Waals surface area contributed by atoms with Crippen molar-refractivity contribution in [3.63, 3.8) is 0 Å². The Balaban J connectivity index is 1.35. The number of nitrogens with one attached hydrogen (secondary N) is 2. The predicted octanol–water partition coefficient (Wildman–Crippen LogP) is 6.45. The normalized spacial score (nSPS) is 10.9. The van der Waals surface area contributed by atoms with E-state index in [2.05, 4.69) is 31.8 Å². The molecule has 0 bridgehead atoms. The van der Waals surface area contributed by atoms with Gasteiger partial charge in [0.05, 0.1) is 12.8 Å². The highest BCUT2D eigenvalue weighted by atomic mass is 79.9. The summed E-state index contributed by atoms with van der Waals surface area (Å²) in [6.07, 6.45) is 1.62. The van der Waals surface area contributed by atoms with E-state index in [-0.39, 0.29) is 24.7 Å². The summed E-state index contributed by atoms with van der Waals surface area (Å²) in [5, 5.41) is 8.91. The fraction of sp³-hybridized carbons (Fsp3) is 0.167. The van der Waals surface area contributed by atoms with Gasteiger partial charge in [-0.15, -0.1) is 0 Å². The van der Waals surface area contributed by atoms with E-state index in [4.69, 9.17) is 9.47 Å². The van der Waals surface area contributed by atoms with Crippen molar-refractivity contribution >= 4 is 50.4 Å². The minimum atomic E-state index is -0.360. The average molecular weight is 574 g/mol. The minimum Gasteiger partial charge on any atom is -0.494 e. The second-order valence-corrected chi connectivity index (χ2v) is 9.33. The lowest BCUT2D eigenvalue weighted by molar-refractivity contribution is -0.124. The third-order valence-corrected chi connectivity index (χ3v) is 6.18. The molecule has 0 radical (unpaired) electrons. The number of halogens is 1. The Morgan fingerprint density at radius 2 is 1.61 bits per heavy atom. The first-order valence-electron chi connectivity index (χ1n) is 12.3. The number of carbonyl (C=O) groups excluding carboxylic acids is 2. The molecule has 0 unspecified atom stereocenters. The largest absolute Gasteiger partial charge is 0.494 e. The Bertz CT molecular complexity index is 1420. The molecule has 7 nitrogen and oxygen atoms in total. The van der Waals surface area contributed by atoms with Crippen LogP contribution >= 0.6 is 15.9 Å². The van der Waals surface area contributed by atoms with Gasteiger partial charge in [-0.2, -0.15) is 5.10 Å². The zero-order chi connectivity index (χ0) is 26.7. The minimum absolute atomic E-state index is 0.00264. The van der Waals surface area contributed by atoms with Crippen LogP contribution in [-0.4, -0.2) is 24.6 Å². The highest BCUT2D eigenvalue weighted by molar-refractivity contribution is 9.10. The van der Waals surface area contributed by atoms with Crippen molar-refractivity contribution in [3.8, 4) is 11.5 Å². The summed E-state index contributed by atoms with van der Waals surface area (Å²) < 4.78 is 12.5. The van der Waals surface area contributed by atoms with Crippen molar-refractivity contribution in [2.75, 3.05) is 11.9 Å². The summed E-state index contributed by atoms with van der Waals surface area (Å²) in [5.74, 6) is 0.766. The number of hydrogen-bond acceptors (Lipinski definition) is 5. The Kier molecular flexibility index (Phi) is 9.48. The molecule has 4 aromatic rings. The standard InChI is InChI=1S/C30H28BrN3O4/c1-2-37-25-14-12-24(13-15-25)33-29(35)17-18-30(36)34-32-19-27-26-6-4-3-5-22(26)9-16-28(27)38-20-21-7-10-23(31)11-8-21/h3-16,19H,2,17-18,20H2,1H3,(H,33,35)(H,34,36). The van der Waals surface area contributed by atoms with Crippen molar-refractivity contribution in [2.24, 2.45) is 5.10 Å². The summed E-state index contributed by atoms with van der Waals surface area (Å²) in [6.45, 7) is 2.87. The number of ether oxygens (including phenoxy) is 2. The van der Waals surface area contributed by atoms with E-state index in [9.17, 15) is 9.59 Å². The van der Waals surface area contributed by atoms with Gasteiger partial charge in [-0.05, 0) is 65.7 Å². The number of fused-ring (bicyclic) bond motifs is 1. The topological polar surface area (TPSA) is 89.0 Å². The molecule has 0 saturated carbocycles. The highest BCUT2D eigenvalue weighted by Gasteiger charge is 2.10. The second-order valence-electron chi connectivity index (χ2n) is 8.41. The van der Waals surface area contributed by atoms with Crippen molar-refractivity contribution in [3.05, 3.63) is 101 Å². The number of hydrazone groups is 1. The molecular weight excluding hydrogens is 546 g/mol. The fourth-order valence-corrected chi connectivity index (χ4v) is 4.02. The molecule has 2 N–H and O–H groups in total. The number of nitrogens with zero attached hydrogens (tertiary/aromatic N) is 1. The maximum absolute atomic E-state index is 12.3. The lowest BCUT2D eigenvalue weighted by atomic mass is 10.0. The summed E-state index contributed by atoms with van der Waals surface area (Å²) >= 11 is 3.44. The SMILES string of the molecule is CCOc1ccc(NC(=O)CCC(=O)NN=Cc2c(OCc3ccc(Br)cc3)ccc3ccccc23)cc1. The van der Waals surface area contributed by atoms with Crippen LogP contribution in [0.25, 0.3) is 10.8 Å². The van der Waals surface area contributed by atoms with Crippen molar-refractivity contribution < 1.29 is 19.1 Å². The molecule has 0 aliphatic rings. The number of benzene rings is 4. The van der Waals surface area contributed by atoms with E-state index in [1.807, 2.05) is 67.6 Å². The first-order chi connectivity index (χ1) is 18.5. The molecule has 38 heavy (non-hydrogen) atoms. The lowest BCUT2D eigenvalue weighted by Crippen LogP contribution is -2.20. The summed E-state index contributed by atoms with van der Waals surface area (Å²) in [6, 6.07) is 26.8. The van der Waals surface area contributed by atoms with Gasteiger partial charge in [0.15, 0.2) is 0 Å². The van der Waals surface area contributed by atoms with E-state index in [1.165, 1.54) is 0 Å². The molecule has 0 heterocycles. The molecule has 0 aliphatic carbocycles. The van der Waals surface area contributed by atoms with Gasteiger partial charge in [-0.25, -0.2) is 5.43 Å². The van der Waals surface area contributed by atoms with Crippen molar-refractivity contribution in [1.82, 2.24) is 5.43 Å². The number of carbonyl (C=O) groups is 2. The molecule has 0 aromatic heterocycles. The third kappa shape index (κ3) is 7.66. The maximum Gasteiger partial charge on any atom is 0.240 e. The van der Waals surface area contributed by atoms with Gasteiger partial charge < -0.3 is 14.8 Å². The van der Waals surface area contributed by atoms with Crippen LogP contribution in [0, 0.1) is 0 Å². The van der Waals surface area contributed by atoms with Gasteiger partial charge >= 0.3 is 0 Å². The maximum atomic E-state index is 12.3. The number of amides is 2. The summed E-state index contributed by atoms with van der Waals surface area (Å²) in [7, 11) is 0. The summed E-state index contributed by atoms with van der Waals surface area (Å²) in [4.78, 5) is 24.6. The number of hydrogen-bond donors (Lipinski definition) is 2. The molecule has 4 aromatic carbocycles. The van der Waals surface area contributed by atoms with Crippen LogP contribution in [0.5, 0.6) is 11.5 Å². The first kappa shape index (κ1) is 26.9. The molecular formula is C30H28BrN3O4. The first-order valence-corrected chi connectivity index (χ1v) is 13.0. The monoisotopic (exact) mass is 573 g/mol. The molecule has 8 heteroatoms. The molecule has 2 amide bonds. The lowest BCUT2D eigenvalue weighted by Gasteiger charge is -2.12. The quantitative estimate of drug-likeness (QED) is 0.159. The van der Waals surface area contributed by atoms with Crippen molar-refractivity contribution in [2.45, 2.75) is 26.4 Å². The van der Waals surface area contributed by atoms with Gasteiger partial charge in [-0.3, -0.25) is 9.59 Å². The van der Waals surface area contributed by atoms with Gasteiger partial charge in [0.2, 0.25) is 11.8 Å². The van der Waals surface area contributed by atoms with Crippen molar-refractivity contribution in [1.29, 1.82) is 0 Å². The highest BCUT2D eigenvalue weighted by Crippen LogP contribution is 2.27. The number of rotatable bonds is 11. The predicted molar refractivity (Wildman–Crippen MR) is 154 cm³/mol. The summed E-state index contributed by atoms with van der Waals surface area (Å²) in [5.41, 5.74) is 4.95. The van der Waals surface area contributed by atoms with Crippen LogP contribution in [0.4, 0.5) is 5.69 Å². The van der Waals surface area contributed by atoms with Crippen LogP contribution in [0.2, 0.25) is 0 Å². The van der Waals surface area contributed by atoms with Gasteiger partial charge in [0.1, 0.15) is 18.1 Å². The van der Waals surface area contributed by atoms with Gasteiger partial charge in [-0.1, -0.05) is 58.4 Å². The smallest absolute Gasteiger partial charge is 0.240 e. The second kappa shape index (κ2) is 13.4. The molecule has 0 aliphatic heterocycles. The van der Waals surface area contributed by atoms with Gasteiger partial charge in [0.25, 0.3) is 0 Å². The van der Waals surface area contributed by atoms with Gasteiger partial charge in [0, 0.05) is 28.6 Å². The Hall–Kier alpha value is -4.17. The van der Waals surface area contributed by atoms with Crippen LogP contribution < -0.4 is 20.2 Å². The van der Waals surface area contributed by atoms with Crippen LogP contribution in [0.15, 0.2) is 94.5 Å². The number of anilines is 1. The van der Waals surface area contributed by atoms with Crippen LogP contribution in [0.3, 0.4) is 0 Å². The average Bonchev–Trinajstić information content (AvgIpc) is 2.93. The molecule has 194 valence electrons. The van der Waals surface area contributed by atoms with E-state index >= 15 is 0 Å². The Morgan fingerprint density at radius 1 is 0.868 bits per heavy atom. The van der Waals surface area contributed by atoms with Crippen LogP contribution in [-0.2, 0) is 16.2 Å². The molecule has 0 spiro atoms.